The minimum atomic E-state index is -0.0858. The van der Waals surface area contributed by atoms with Crippen LogP contribution in [0.1, 0.15) is 34.5 Å². The molecule has 1 N–H and O–H groups in total. The molecule has 0 atom stereocenters. The van der Waals surface area contributed by atoms with Crippen LogP contribution >= 0.6 is 0 Å². The van der Waals surface area contributed by atoms with Gasteiger partial charge >= 0.3 is 0 Å². The molecule has 6 heteroatoms. The second-order valence-electron chi connectivity index (χ2n) is 6.77. The standard InChI is InChI=1S/C22H21N3O3/c26-21(10-9-19-6-3-13-28-19)24-18-8-7-16-5-2-12-25(20(16)14-18)22(27)17-4-1-11-23-15-17/h1,3-4,6-8,11,13-15H,2,5,9-10,12H2,(H,24,26). The lowest BCUT2D eigenvalue weighted by atomic mass is 10.00. The molecule has 28 heavy (non-hydrogen) atoms. The number of carbonyl (C=O) groups excluding carboxylic acids is 2. The van der Waals surface area contributed by atoms with Crippen LogP contribution < -0.4 is 10.2 Å². The van der Waals surface area contributed by atoms with Gasteiger partial charge in [-0.15, -0.1) is 0 Å². The Bertz CT molecular complexity index is 968. The molecule has 3 heterocycles. The quantitative estimate of drug-likeness (QED) is 0.735. The van der Waals surface area contributed by atoms with E-state index in [0.717, 1.165) is 29.9 Å². The largest absolute Gasteiger partial charge is 0.469 e. The number of hydrogen-bond donors (Lipinski definition) is 1. The first kappa shape index (κ1) is 18.0. The van der Waals surface area contributed by atoms with Crippen molar-refractivity contribution < 1.29 is 14.0 Å². The summed E-state index contributed by atoms with van der Waals surface area (Å²) in [7, 11) is 0. The molecule has 0 fully saturated rings. The maximum absolute atomic E-state index is 12.9. The van der Waals surface area contributed by atoms with Crippen molar-refractivity contribution in [2.24, 2.45) is 0 Å². The zero-order valence-electron chi connectivity index (χ0n) is 15.4. The molecule has 1 aliphatic rings. The zero-order chi connectivity index (χ0) is 19.3. The van der Waals surface area contributed by atoms with E-state index in [0.29, 0.717) is 30.6 Å². The lowest BCUT2D eigenvalue weighted by Crippen LogP contribution is -2.35. The molecule has 142 valence electrons. The lowest BCUT2D eigenvalue weighted by Gasteiger charge is -2.30. The number of benzene rings is 1. The predicted molar refractivity (Wildman–Crippen MR) is 106 cm³/mol. The molecule has 2 aromatic heterocycles. The van der Waals surface area contributed by atoms with E-state index in [-0.39, 0.29) is 11.8 Å². The molecule has 0 saturated carbocycles. The molecular weight excluding hydrogens is 354 g/mol. The minimum absolute atomic E-state index is 0.0738. The minimum Gasteiger partial charge on any atom is -0.469 e. The van der Waals surface area contributed by atoms with E-state index < -0.39 is 0 Å². The second kappa shape index (κ2) is 8.08. The van der Waals surface area contributed by atoms with Gasteiger partial charge in [-0.1, -0.05) is 6.07 Å². The molecule has 0 radical (unpaired) electrons. The van der Waals surface area contributed by atoms with Gasteiger partial charge in [-0.3, -0.25) is 14.6 Å². The number of pyridine rings is 1. The Kier molecular flexibility index (Phi) is 5.19. The summed E-state index contributed by atoms with van der Waals surface area (Å²) in [6.45, 7) is 0.649. The number of carbonyl (C=O) groups is 2. The van der Waals surface area contributed by atoms with Crippen LogP contribution in [0.3, 0.4) is 0 Å². The summed E-state index contributed by atoms with van der Waals surface area (Å²) in [5, 5.41) is 2.92. The Balaban J connectivity index is 1.49. The lowest BCUT2D eigenvalue weighted by molar-refractivity contribution is -0.116. The smallest absolute Gasteiger partial charge is 0.259 e. The van der Waals surface area contributed by atoms with Gasteiger partial charge in [-0.2, -0.15) is 0 Å². The van der Waals surface area contributed by atoms with E-state index in [1.807, 2.05) is 30.3 Å². The normalized spacial score (nSPS) is 13.1. The van der Waals surface area contributed by atoms with Gasteiger partial charge < -0.3 is 14.6 Å². The van der Waals surface area contributed by atoms with E-state index in [1.165, 1.54) is 0 Å². The first-order valence-corrected chi connectivity index (χ1v) is 9.38. The van der Waals surface area contributed by atoms with E-state index >= 15 is 0 Å². The number of aromatic nitrogens is 1. The molecule has 6 nitrogen and oxygen atoms in total. The fourth-order valence-electron chi connectivity index (χ4n) is 3.42. The van der Waals surface area contributed by atoms with Gasteiger partial charge in [0.1, 0.15) is 5.76 Å². The van der Waals surface area contributed by atoms with Gasteiger partial charge in [0, 0.05) is 43.2 Å². The molecule has 0 spiro atoms. The number of amides is 2. The Labute approximate surface area is 163 Å². The maximum Gasteiger partial charge on any atom is 0.259 e. The first-order chi connectivity index (χ1) is 13.7. The molecule has 0 aliphatic carbocycles. The van der Waals surface area contributed by atoms with Gasteiger partial charge in [0.25, 0.3) is 5.91 Å². The van der Waals surface area contributed by atoms with Crippen molar-refractivity contribution in [3.05, 3.63) is 78.0 Å². The number of anilines is 2. The van der Waals surface area contributed by atoms with Gasteiger partial charge in [0.15, 0.2) is 0 Å². The monoisotopic (exact) mass is 375 g/mol. The number of rotatable bonds is 5. The van der Waals surface area contributed by atoms with Crippen LogP contribution in [0.25, 0.3) is 0 Å². The molecule has 4 rings (SSSR count). The van der Waals surface area contributed by atoms with Crippen molar-refractivity contribution in [3.63, 3.8) is 0 Å². The highest BCUT2D eigenvalue weighted by molar-refractivity contribution is 6.07. The van der Waals surface area contributed by atoms with Crippen molar-refractivity contribution >= 4 is 23.2 Å². The van der Waals surface area contributed by atoms with Crippen molar-refractivity contribution in [1.82, 2.24) is 4.98 Å². The summed E-state index contributed by atoms with van der Waals surface area (Å²) in [5.41, 5.74) is 3.21. The van der Waals surface area contributed by atoms with Gasteiger partial charge in [0.2, 0.25) is 5.91 Å². The molecule has 2 amide bonds. The fraction of sp³-hybridized carbons (Fsp3) is 0.227. The number of nitrogens with zero attached hydrogens (tertiary/aromatic N) is 2. The summed E-state index contributed by atoms with van der Waals surface area (Å²) >= 11 is 0. The second-order valence-corrected chi connectivity index (χ2v) is 6.77. The van der Waals surface area contributed by atoms with Gasteiger partial charge in [-0.25, -0.2) is 0 Å². The fourth-order valence-corrected chi connectivity index (χ4v) is 3.42. The SMILES string of the molecule is O=C(CCc1ccco1)Nc1ccc2c(c1)N(C(=O)c1cccnc1)CCC2. The van der Waals surface area contributed by atoms with E-state index in [4.69, 9.17) is 4.42 Å². The Morgan fingerprint density at radius 1 is 1.18 bits per heavy atom. The average molecular weight is 375 g/mol. The first-order valence-electron chi connectivity index (χ1n) is 9.38. The summed E-state index contributed by atoms with van der Waals surface area (Å²) in [5.74, 6) is 0.626. The predicted octanol–water partition coefficient (Wildman–Crippen LogP) is 3.84. The topological polar surface area (TPSA) is 75.4 Å². The highest BCUT2D eigenvalue weighted by atomic mass is 16.3. The van der Waals surface area contributed by atoms with Gasteiger partial charge in [0.05, 0.1) is 11.8 Å². The Morgan fingerprint density at radius 3 is 2.89 bits per heavy atom. The van der Waals surface area contributed by atoms with E-state index in [1.54, 1.807) is 35.7 Å². The van der Waals surface area contributed by atoms with Crippen LogP contribution in [0.4, 0.5) is 11.4 Å². The van der Waals surface area contributed by atoms with E-state index in [9.17, 15) is 9.59 Å². The number of aryl methyl sites for hydroxylation is 2. The zero-order valence-corrected chi connectivity index (χ0v) is 15.4. The molecule has 1 aromatic carbocycles. The van der Waals surface area contributed by atoms with Crippen molar-refractivity contribution in [3.8, 4) is 0 Å². The van der Waals surface area contributed by atoms with Crippen LogP contribution in [-0.2, 0) is 17.6 Å². The average Bonchev–Trinajstić information content (AvgIpc) is 3.26. The van der Waals surface area contributed by atoms with Crippen LogP contribution in [-0.4, -0.2) is 23.3 Å². The number of fused-ring (bicyclic) bond motifs is 1. The number of furan rings is 1. The molecule has 0 unspecified atom stereocenters. The highest BCUT2D eigenvalue weighted by Crippen LogP contribution is 2.31. The van der Waals surface area contributed by atoms with E-state index in [2.05, 4.69) is 10.3 Å². The van der Waals surface area contributed by atoms with Crippen LogP contribution in [0.2, 0.25) is 0 Å². The highest BCUT2D eigenvalue weighted by Gasteiger charge is 2.24. The van der Waals surface area contributed by atoms with Crippen LogP contribution in [0.15, 0.2) is 65.5 Å². The molecular formula is C22H21N3O3. The third-order valence-corrected chi connectivity index (χ3v) is 4.82. The Hall–Kier alpha value is -3.41. The summed E-state index contributed by atoms with van der Waals surface area (Å²) in [4.78, 5) is 31.0. The third kappa shape index (κ3) is 3.96. The third-order valence-electron chi connectivity index (χ3n) is 4.82. The van der Waals surface area contributed by atoms with Crippen molar-refractivity contribution in [1.29, 1.82) is 0 Å². The van der Waals surface area contributed by atoms with Crippen molar-refractivity contribution in [2.45, 2.75) is 25.7 Å². The number of hydrogen-bond acceptors (Lipinski definition) is 4. The Morgan fingerprint density at radius 2 is 2.11 bits per heavy atom. The number of nitrogens with one attached hydrogen (secondary N) is 1. The molecule has 0 bridgehead atoms. The van der Waals surface area contributed by atoms with Crippen LogP contribution in [0, 0.1) is 0 Å². The molecule has 1 aliphatic heterocycles. The maximum atomic E-state index is 12.9. The van der Waals surface area contributed by atoms with Crippen molar-refractivity contribution in [2.75, 3.05) is 16.8 Å². The van der Waals surface area contributed by atoms with Crippen LogP contribution in [0.5, 0.6) is 0 Å². The summed E-state index contributed by atoms with van der Waals surface area (Å²) < 4.78 is 5.26. The summed E-state index contributed by atoms with van der Waals surface area (Å²) in [6, 6.07) is 13.0. The van der Waals surface area contributed by atoms with Gasteiger partial charge in [-0.05, 0) is 54.8 Å². The molecule has 0 saturated heterocycles. The summed E-state index contributed by atoms with van der Waals surface area (Å²) in [6.07, 6.45) is 7.55. The molecule has 3 aromatic rings.